The number of rotatable bonds is 2. The molecule has 0 atom stereocenters. The largest absolute Gasteiger partial charge is 0.451 e. The van der Waals surface area contributed by atoms with E-state index in [1.54, 1.807) is 12.1 Å². The molecule has 3 rings (SSSR count). The molecule has 3 N–H and O–H groups in total. The first kappa shape index (κ1) is 15.1. The van der Waals surface area contributed by atoms with E-state index in [1.165, 1.54) is 11.0 Å². The van der Waals surface area contributed by atoms with Gasteiger partial charge in [-0.1, -0.05) is 0 Å². The van der Waals surface area contributed by atoms with Crippen LogP contribution in [0, 0.1) is 13.8 Å². The number of aryl methyl sites for hydroxylation is 2. The van der Waals surface area contributed by atoms with Crippen LogP contribution in [-0.4, -0.2) is 36.0 Å². The highest BCUT2D eigenvalue weighted by atomic mass is 16.3. The SMILES string of the molecule is Cc1cc2oc(C(=O)NC3CN(C(N)=O)C3)cc(=O)c2cc1C. The monoisotopic (exact) mass is 315 g/mol. The Morgan fingerprint density at radius 1 is 1.22 bits per heavy atom. The summed E-state index contributed by atoms with van der Waals surface area (Å²) in [6, 6.07) is 4.00. The number of nitrogens with two attached hydrogens (primary N) is 1. The average molecular weight is 315 g/mol. The minimum Gasteiger partial charge on any atom is -0.451 e. The van der Waals surface area contributed by atoms with E-state index in [-0.39, 0.29) is 17.2 Å². The Bertz CT molecular complexity index is 865. The molecule has 2 aromatic rings. The van der Waals surface area contributed by atoms with Crippen molar-refractivity contribution < 1.29 is 14.0 Å². The molecule has 0 saturated carbocycles. The summed E-state index contributed by atoms with van der Waals surface area (Å²) < 4.78 is 5.57. The standard InChI is InChI=1S/C16H17N3O4/c1-8-3-11-12(20)5-14(23-13(11)4-9(8)2)15(21)18-10-6-19(7-10)16(17)22/h3-5,10H,6-7H2,1-2H3,(H2,17,22)(H,18,21). The fraction of sp³-hybridized carbons (Fsp3) is 0.312. The van der Waals surface area contributed by atoms with Gasteiger partial charge in [-0.2, -0.15) is 0 Å². The fourth-order valence-corrected chi connectivity index (χ4v) is 2.53. The van der Waals surface area contributed by atoms with Gasteiger partial charge in [-0.25, -0.2) is 4.79 Å². The Balaban J connectivity index is 1.83. The molecule has 2 heterocycles. The lowest BCUT2D eigenvalue weighted by Gasteiger charge is -2.38. The summed E-state index contributed by atoms with van der Waals surface area (Å²) in [7, 11) is 0. The molecule has 0 spiro atoms. The van der Waals surface area contributed by atoms with Gasteiger partial charge in [0.15, 0.2) is 11.2 Å². The molecule has 0 aliphatic carbocycles. The minimum atomic E-state index is -0.515. The van der Waals surface area contributed by atoms with Crippen molar-refractivity contribution in [3.8, 4) is 0 Å². The van der Waals surface area contributed by atoms with Crippen molar-refractivity contribution in [2.24, 2.45) is 5.73 Å². The second-order valence-electron chi connectivity index (χ2n) is 5.82. The number of nitrogens with one attached hydrogen (secondary N) is 1. The molecule has 1 aliphatic heterocycles. The van der Waals surface area contributed by atoms with Crippen LogP contribution < -0.4 is 16.5 Å². The molecule has 23 heavy (non-hydrogen) atoms. The summed E-state index contributed by atoms with van der Waals surface area (Å²) in [6.45, 7) is 4.54. The van der Waals surface area contributed by atoms with Gasteiger partial charge in [-0.15, -0.1) is 0 Å². The van der Waals surface area contributed by atoms with Crippen molar-refractivity contribution >= 4 is 22.9 Å². The Morgan fingerprint density at radius 3 is 2.52 bits per heavy atom. The van der Waals surface area contributed by atoms with Crippen LogP contribution in [0.25, 0.3) is 11.0 Å². The highest BCUT2D eigenvalue weighted by molar-refractivity contribution is 5.93. The third kappa shape index (κ3) is 2.77. The van der Waals surface area contributed by atoms with Crippen molar-refractivity contribution in [1.82, 2.24) is 10.2 Å². The number of amides is 3. The number of carbonyl (C=O) groups excluding carboxylic acids is 2. The zero-order chi connectivity index (χ0) is 16.7. The normalized spacial score (nSPS) is 14.6. The Kier molecular flexibility index (Phi) is 3.55. The predicted molar refractivity (Wildman–Crippen MR) is 84.4 cm³/mol. The molecule has 0 bridgehead atoms. The average Bonchev–Trinajstić information content (AvgIpc) is 2.43. The lowest BCUT2D eigenvalue weighted by molar-refractivity contribution is 0.0835. The number of benzene rings is 1. The zero-order valence-corrected chi connectivity index (χ0v) is 12.9. The number of hydrogen-bond donors (Lipinski definition) is 2. The zero-order valence-electron chi connectivity index (χ0n) is 12.9. The number of nitrogens with zero attached hydrogens (tertiary/aromatic N) is 1. The van der Waals surface area contributed by atoms with Crippen LogP contribution in [0.15, 0.2) is 27.4 Å². The molecular formula is C16H17N3O4. The van der Waals surface area contributed by atoms with Gasteiger partial charge >= 0.3 is 6.03 Å². The van der Waals surface area contributed by atoms with Crippen LogP contribution in [0.3, 0.4) is 0 Å². The third-order valence-electron chi connectivity index (χ3n) is 4.10. The number of likely N-dealkylation sites (tertiary alicyclic amines) is 1. The van der Waals surface area contributed by atoms with Crippen molar-refractivity contribution in [3.63, 3.8) is 0 Å². The van der Waals surface area contributed by atoms with E-state index < -0.39 is 11.9 Å². The molecule has 120 valence electrons. The molecule has 1 aliphatic rings. The van der Waals surface area contributed by atoms with Gasteiger partial charge in [0.2, 0.25) is 0 Å². The lowest BCUT2D eigenvalue weighted by atomic mass is 10.1. The summed E-state index contributed by atoms with van der Waals surface area (Å²) >= 11 is 0. The van der Waals surface area contributed by atoms with Crippen LogP contribution in [0.2, 0.25) is 0 Å². The van der Waals surface area contributed by atoms with Crippen molar-refractivity contribution in [3.05, 3.63) is 45.3 Å². The Morgan fingerprint density at radius 2 is 1.87 bits per heavy atom. The lowest BCUT2D eigenvalue weighted by Crippen LogP contribution is -2.62. The highest BCUT2D eigenvalue weighted by Crippen LogP contribution is 2.18. The second-order valence-corrected chi connectivity index (χ2v) is 5.82. The van der Waals surface area contributed by atoms with Crippen LogP contribution in [-0.2, 0) is 0 Å². The van der Waals surface area contributed by atoms with Crippen LogP contribution in [0.1, 0.15) is 21.7 Å². The van der Waals surface area contributed by atoms with Crippen LogP contribution in [0.4, 0.5) is 4.79 Å². The van der Waals surface area contributed by atoms with Gasteiger partial charge < -0.3 is 20.4 Å². The van der Waals surface area contributed by atoms with Gasteiger partial charge in [-0.05, 0) is 37.1 Å². The third-order valence-corrected chi connectivity index (χ3v) is 4.10. The first-order chi connectivity index (χ1) is 10.8. The second kappa shape index (κ2) is 5.42. The predicted octanol–water partition coefficient (Wildman–Crippen LogP) is 0.903. The molecule has 0 unspecified atom stereocenters. The number of hydrogen-bond acceptors (Lipinski definition) is 4. The molecule has 7 nitrogen and oxygen atoms in total. The number of fused-ring (bicyclic) bond motifs is 1. The molecule has 7 heteroatoms. The maximum Gasteiger partial charge on any atom is 0.314 e. The van der Waals surface area contributed by atoms with E-state index in [0.29, 0.717) is 24.1 Å². The van der Waals surface area contributed by atoms with Gasteiger partial charge in [0.05, 0.1) is 11.4 Å². The van der Waals surface area contributed by atoms with Gasteiger partial charge in [0.25, 0.3) is 5.91 Å². The van der Waals surface area contributed by atoms with Crippen molar-refractivity contribution in [2.75, 3.05) is 13.1 Å². The quantitative estimate of drug-likeness (QED) is 0.859. The van der Waals surface area contributed by atoms with Crippen LogP contribution in [0.5, 0.6) is 0 Å². The fourth-order valence-electron chi connectivity index (χ4n) is 2.53. The molecule has 3 amide bonds. The summed E-state index contributed by atoms with van der Waals surface area (Å²) in [4.78, 5) is 36.7. The van der Waals surface area contributed by atoms with E-state index in [9.17, 15) is 14.4 Å². The van der Waals surface area contributed by atoms with E-state index in [1.807, 2.05) is 13.8 Å². The minimum absolute atomic E-state index is 0.0386. The van der Waals surface area contributed by atoms with E-state index >= 15 is 0 Å². The van der Waals surface area contributed by atoms with E-state index in [4.69, 9.17) is 10.2 Å². The first-order valence-electron chi connectivity index (χ1n) is 7.25. The number of carbonyl (C=O) groups is 2. The maximum atomic E-state index is 12.2. The summed E-state index contributed by atoms with van der Waals surface area (Å²) in [5, 5.41) is 3.17. The summed E-state index contributed by atoms with van der Waals surface area (Å²) in [6.07, 6.45) is 0. The number of urea groups is 1. The smallest absolute Gasteiger partial charge is 0.314 e. The van der Waals surface area contributed by atoms with Gasteiger partial charge in [-0.3, -0.25) is 9.59 Å². The Labute approximate surface area is 132 Å². The molecule has 1 fully saturated rings. The summed E-state index contributed by atoms with van der Waals surface area (Å²) in [5.41, 5.74) is 7.22. The molecular weight excluding hydrogens is 298 g/mol. The van der Waals surface area contributed by atoms with Crippen molar-refractivity contribution in [1.29, 1.82) is 0 Å². The molecule has 0 radical (unpaired) electrons. The topological polar surface area (TPSA) is 106 Å². The van der Waals surface area contributed by atoms with Gasteiger partial charge in [0.1, 0.15) is 5.58 Å². The number of primary amides is 1. The summed E-state index contributed by atoms with van der Waals surface area (Å²) in [5.74, 6) is -0.514. The molecule has 1 aromatic carbocycles. The Hall–Kier alpha value is -2.83. The van der Waals surface area contributed by atoms with E-state index in [2.05, 4.69) is 5.32 Å². The highest BCUT2D eigenvalue weighted by Gasteiger charge is 2.31. The molecule has 1 saturated heterocycles. The van der Waals surface area contributed by atoms with Crippen molar-refractivity contribution in [2.45, 2.75) is 19.9 Å². The maximum absolute atomic E-state index is 12.2. The molecule has 1 aromatic heterocycles. The first-order valence-corrected chi connectivity index (χ1v) is 7.25. The van der Waals surface area contributed by atoms with Gasteiger partial charge in [0, 0.05) is 19.2 Å². The van der Waals surface area contributed by atoms with E-state index in [0.717, 1.165) is 11.1 Å². The van der Waals surface area contributed by atoms with Crippen LogP contribution >= 0.6 is 0 Å².